The highest BCUT2D eigenvalue weighted by Gasteiger charge is 2.23. The third kappa shape index (κ3) is 6.82. The van der Waals surface area contributed by atoms with Gasteiger partial charge in [-0.25, -0.2) is 15.0 Å². The van der Waals surface area contributed by atoms with Crippen molar-refractivity contribution in [2.75, 3.05) is 4.90 Å². The number of para-hydroxylation sites is 1. The largest absolute Gasteiger partial charge is 0.314 e. The Morgan fingerprint density at radius 2 is 1.02 bits per heavy atom. The Hall–Kier alpha value is -7.68. The molecule has 5 nitrogen and oxygen atoms in total. The van der Waals surface area contributed by atoms with Gasteiger partial charge in [0.15, 0.2) is 17.5 Å². The number of rotatable bonds is 8. The van der Waals surface area contributed by atoms with E-state index < -0.39 is 0 Å². The average Bonchev–Trinajstić information content (AvgIpc) is 3.29. The number of allylic oxidation sites excluding steroid dienone is 3. The van der Waals surface area contributed by atoms with Crippen LogP contribution in [0.5, 0.6) is 0 Å². The molecule has 9 rings (SSSR count). The summed E-state index contributed by atoms with van der Waals surface area (Å²) in [7, 11) is 0. The first-order chi connectivity index (χ1) is 28.1. The number of fused-ring (bicyclic) bond motifs is 1. The summed E-state index contributed by atoms with van der Waals surface area (Å²) in [5, 5.41) is 10.4. The Labute approximate surface area is 333 Å². The van der Waals surface area contributed by atoms with Gasteiger partial charge in [0.05, 0.1) is 17.3 Å². The first-order valence-electron chi connectivity index (χ1n) is 19.1. The molecular weight excluding hydrogens is 695 g/mol. The fourth-order valence-corrected chi connectivity index (χ4v) is 7.62. The summed E-state index contributed by atoms with van der Waals surface area (Å²) in [5.74, 6) is 1.84. The van der Waals surface area contributed by atoms with E-state index in [0.29, 0.717) is 23.0 Å². The maximum absolute atomic E-state index is 10.4. The molecule has 1 aromatic heterocycles. The minimum atomic E-state index is 0.598. The standard InChI is InChI=1S/C52H37N5/c1-3-44-31-35(2)46-24-10-11-26-48(46)57(44)45-29-27-36(28-30-45)47-25-14-23-43(34-53)49(47)41-21-12-19-39(32-41)40-20-13-22-42(33-40)52-55-50(37-15-6-4-7-16-37)54-51(56-52)38-17-8-5-9-18-38/h4-33H,2-3H2,1H3. The van der Waals surface area contributed by atoms with Gasteiger partial charge in [0.2, 0.25) is 0 Å². The van der Waals surface area contributed by atoms with Crippen LogP contribution < -0.4 is 4.90 Å². The highest BCUT2D eigenvalue weighted by atomic mass is 15.2. The Kier molecular flexibility index (Phi) is 9.36. The normalized spacial score (nSPS) is 12.1. The van der Waals surface area contributed by atoms with Crippen LogP contribution in [0.1, 0.15) is 24.5 Å². The third-order valence-corrected chi connectivity index (χ3v) is 10.4. The summed E-state index contributed by atoms with van der Waals surface area (Å²) in [6.45, 7) is 6.50. The molecule has 8 aromatic rings. The molecule has 5 heteroatoms. The highest BCUT2D eigenvalue weighted by molar-refractivity contribution is 5.92. The molecule has 0 radical (unpaired) electrons. The van der Waals surface area contributed by atoms with E-state index in [0.717, 1.165) is 79.0 Å². The SMILES string of the molecule is C=C1C=C(CC)N(c2ccc(-c3cccc(C#N)c3-c3cccc(-c4cccc(-c5nc(-c6ccccc6)nc(-c6ccccc6)n5)c4)c3)cc2)c2ccccc21. The van der Waals surface area contributed by atoms with Gasteiger partial charge in [-0.2, -0.15) is 5.26 Å². The summed E-state index contributed by atoms with van der Waals surface area (Å²) in [6.07, 6.45) is 3.06. The monoisotopic (exact) mass is 731 g/mol. The Morgan fingerprint density at radius 3 is 1.65 bits per heavy atom. The molecule has 7 aromatic carbocycles. The molecule has 0 saturated heterocycles. The molecule has 0 amide bonds. The molecule has 0 spiro atoms. The van der Waals surface area contributed by atoms with Crippen molar-refractivity contribution in [2.45, 2.75) is 13.3 Å². The van der Waals surface area contributed by atoms with Gasteiger partial charge in [-0.1, -0.05) is 153 Å². The van der Waals surface area contributed by atoms with Crippen LogP contribution in [0.25, 0.3) is 73.1 Å². The Balaban J connectivity index is 1.09. The number of hydrogen-bond donors (Lipinski definition) is 0. The number of aromatic nitrogens is 3. The van der Waals surface area contributed by atoms with Crippen LogP contribution in [0.3, 0.4) is 0 Å². The number of anilines is 2. The van der Waals surface area contributed by atoms with Gasteiger partial charge in [-0.15, -0.1) is 0 Å². The van der Waals surface area contributed by atoms with Crippen molar-refractivity contribution >= 4 is 16.9 Å². The smallest absolute Gasteiger partial charge is 0.164 e. The van der Waals surface area contributed by atoms with E-state index in [1.807, 2.05) is 84.9 Å². The lowest BCUT2D eigenvalue weighted by Crippen LogP contribution is -2.20. The van der Waals surface area contributed by atoms with Gasteiger partial charge in [-0.05, 0) is 82.3 Å². The molecular formula is C52H37N5. The van der Waals surface area contributed by atoms with E-state index >= 15 is 0 Å². The molecule has 270 valence electrons. The minimum Gasteiger partial charge on any atom is -0.314 e. The van der Waals surface area contributed by atoms with Crippen LogP contribution >= 0.6 is 0 Å². The van der Waals surface area contributed by atoms with Gasteiger partial charge in [0.1, 0.15) is 0 Å². The number of nitriles is 1. The van der Waals surface area contributed by atoms with E-state index in [1.54, 1.807) is 0 Å². The number of hydrogen-bond acceptors (Lipinski definition) is 5. The second-order valence-corrected chi connectivity index (χ2v) is 14.0. The van der Waals surface area contributed by atoms with Crippen molar-refractivity contribution in [2.24, 2.45) is 0 Å². The van der Waals surface area contributed by atoms with Crippen LogP contribution in [0.2, 0.25) is 0 Å². The summed E-state index contributed by atoms with van der Waals surface area (Å²) < 4.78 is 0. The number of benzene rings is 7. The van der Waals surface area contributed by atoms with Gasteiger partial charge < -0.3 is 4.90 Å². The first kappa shape index (κ1) is 35.0. The quantitative estimate of drug-likeness (QED) is 0.156. The lowest BCUT2D eigenvalue weighted by atomic mass is 9.89. The predicted octanol–water partition coefficient (Wildman–Crippen LogP) is 13.2. The van der Waals surface area contributed by atoms with E-state index in [9.17, 15) is 5.26 Å². The molecule has 0 saturated carbocycles. The molecule has 1 aliphatic heterocycles. The highest BCUT2D eigenvalue weighted by Crippen LogP contribution is 2.43. The zero-order chi connectivity index (χ0) is 38.7. The maximum Gasteiger partial charge on any atom is 0.164 e. The molecule has 1 aliphatic rings. The Morgan fingerprint density at radius 1 is 0.509 bits per heavy atom. The van der Waals surface area contributed by atoms with Crippen molar-refractivity contribution in [3.63, 3.8) is 0 Å². The average molecular weight is 732 g/mol. The molecule has 0 atom stereocenters. The Bertz CT molecular complexity index is 2790. The van der Waals surface area contributed by atoms with Crippen LogP contribution in [0, 0.1) is 11.3 Å². The van der Waals surface area contributed by atoms with Gasteiger partial charge in [0.25, 0.3) is 0 Å². The second kappa shape index (κ2) is 15.2. The van der Waals surface area contributed by atoms with Crippen LogP contribution in [0.4, 0.5) is 11.4 Å². The van der Waals surface area contributed by atoms with Crippen molar-refractivity contribution in [3.8, 4) is 73.6 Å². The van der Waals surface area contributed by atoms with Gasteiger partial charge in [0, 0.05) is 39.2 Å². The van der Waals surface area contributed by atoms with Crippen molar-refractivity contribution < 1.29 is 0 Å². The predicted molar refractivity (Wildman–Crippen MR) is 233 cm³/mol. The lowest BCUT2D eigenvalue weighted by Gasteiger charge is -2.33. The van der Waals surface area contributed by atoms with Crippen molar-refractivity contribution in [1.82, 2.24) is 15.0 Å². The molecule has 0 aliphatic carbocycles. The summed E-state index contributed by atoms with van der Waals surface area (Å²) >= 11 is 0. The van der Waals surface area contributed by atoms with Gasteiger partial charge in [-0.3, -0.25) is 0 Å². The molecule has 0 N–H and O–H groups in total. The van der Waals surface area contributed by atoms with E-state index in [4.69, 9.17) is 15.0 Å². The molecule has 0 bridgehead atoms. The number of nitrogens with zero attached hydrogens (tertiary/aromatic N) is 5. The van der Waals surface area contributed by atoms with Crippen LogP contribution in [-0.2, 0) is 0 Å². The molecule has 57 heavy (non-hydrogen) atoms. The van der Waals surface area contributed by atoms with E-state index in [1.165, 1.54) is 5.70 Å². The fraction of sp³-hybridized carbons (Fsp3) is 0.0385. The molecule has 2 heterocycles. The second-order valence-electron chi connectivity index (χ2n) is 14.0. The van der Waals surface area contributed by atoms with E-state index in [2.05, 4.69) is 122 Å². The zero-order valence-corrected chi connectivity index (χ0v) is 31.5. The molecule has 0 fully saturated rings. The fourth-order valence-electron chi connectivity index (χ4n) is 7.62. The van der Waals surface area contributed by atoms with Crippen LogP contribution in [0.15, 0.2) is 194 Å². The summed E-state index contributed by atoms with van der Waals surface area (Å²) in [4.78, 5) is 17.1. The minimum absolute atomic E-state index is 0.598. The van der Waals surface area contributed by atoms with Crippen molar-refractivity contribution in [1.29, 1.82) is 5.26 Å². The summed E-state index contributed by atoms with van der Waals surface area (Å²) in [5.41, 5.74) is 14.9. The van der Waals surface area contributed by atoms with Crippen molar-refractivity contribution in [3.05, 3.63) is 205 Å². The first-order valence-corrected chi connectivity index (χ1v) is 19.1. The third-order valence-electron chi connectivity index (χ3n) is 10.4. The lowest BCUT2D eigenvalue weighted by molar-refractivity contribution is 1.00. The molecule has 0 unspecified atom stereocenters. The zero-order valence-electron chi connectivity index (χ0n) is 31.5. The topological polar surface area (TPSA) is 65.7 Å². The van der Waals surface area contributed by atoms with Gasteiger partial charge >= 0.3 is 0 Å². The van der Waals surface area contributed by atoms with Crippen LogP contribution in [-0.4, -0.2) is 15.0 Å². The van der Waals surface area contributed by atoms with E-state index in [-0.39, 0.29) is 0 Å². The summed E-state index contributed by atoms with van der Waals surface area (Å²) in [6, 6.07) is 62.2. The maximum atomic E-state index is 10.4.